The topological polar surface area (TPSA) is 89.9 Å². The van der Waals surface area contributed by atoms with Gasteiger partial charge in [0.15, 0.2) is 11.5 Å². The molecule has 1 amide bonds. The van der Waals surface area contributed by atoms with Gasteiger partial charge in [0.25, 0.3) is 0 Å². The van der Waals surface area contributed by atoms with Crippen LogP contribution >= 0.6 is 0 Å². The molecule has 2 aliphatic rings. The Hall–Kier alpha value is -3.04. The van der Waals surface area contributed by atoms with Crippen molar-refractivity contribution >= 4 is 26.8 Å². The van der Waals surface area contributed by atoms with Crippen LogP contribution < -0.4 is 14.8 Å². The Morgan fingerprint density at radius 2 is 1.97 bits per heavy atom. The molecule has 1 N–H and O–H groups in total. The first-order valence-electron chi connectivity index (χ1n) is 11.2. The van der Waals surface area contributed by atoms with Crippen molar-refractivity contribution in [2.24, 2.45) is 5.92 Å². The highest BCUT2D eigenvalue weighted by Crippen LogP contribution is 2.32. The van der Waals surface area contributed by atoms with Crippen molar-refractivity contribution in [1.29, 1.82) is 0 Å². The van der Waals surface area contributed by atoms with E-state index in [9.17, 15) is 13.2 Å². The molecule has 1 fully saturated rings. The van der Waals surface area contributed by atoms with E-state index < -0.39 is 10.0 Å². The molecule has 0 radical (unpaired) electrons. The lowest BCUT2D eigenvalue weighted by molar-refractivity contribution is -0.126. The van der Waals surface area contributed by atoms with Crippen molar-refractivity contribution in [2.45, 2.75) is 37.8 Å². The number of carbonyl (C=O) groups excluding carboxylic acids is 1. The highest BCUT2D eigenvalue weighted by atomic mass is 32.2. The number of fused-ring (bicyclic) bond motifs is 2. The third-order valence-corrected chi connectivity index (χ3v) is 8.24. The average Bonchev–Trinajstić information content (AvgIpc) is 3.48. The zero-order chi connectivity index (χ0) is 23.0. The molecule has 0 saturated carbocycles. The first-order valence-corrected chi connectivity index (χ1v) is 12.6. The van der Waals surface area contributed by atoms with Crippen LogP contribution in [0.1, 0.15) is 25.3 Å². The van der Waals surface area contributed by atoms with Gasteiger partial charge in [-0.1, -0.05) is 6.07 Å². The molecule has 1 atom stereocenters. The molecule has 0 unspecified atom stereocenters. The first kappa shape index (κ1) is 21.8. The second-order valence-electron chi connectivity index (χ2n) is 8.43. The number of sulfonamides is 1. The van der Waals surface area contributed by atoms with Gasteiger partial charge in [-0.2, -0.15) is 4.31 Å². The van der Waals surface area contributed by atoms with Crippen molar-refractivity contribution in [1.82, 2.24) is 14.2 Å². The standard InChI is InChI=1S/C24H27N3O5S/c1-2-26-11-9-18-13-20(6-7-21(18)26)33(29,30)27-10-3-4-19(15-27)24(28)25-14-17-5-8-22-23(12-17)32-16-31-22/h5-9,11-13,19H,2-4,10,14-16H2,1H3,(H,25,28)/t19-/m1/s1. The van der Waals surface area contributed by atoms with Crippen LogP contribution in [-0.2, 0) is 27.9 Å². The molecule has 2 aliphatic heterocycles. The summed E-state index contributed by atoms with van der Waals surface area (Å²) >= 11 is 0. The number of carbonyl (C=O) groups is 1. The zero-order valence-corrected chi connectivity index (χ0v) is 19.3. The number of benzene rings is 2. The molecule has 33 heavy (non-hydrogen) atoms. The normalized spacial score (nSPS) is 18.5. The van der Waals surface area contributed by atoms with E-state index >= 15 is 0 Å². The van der Waals surface area contributed by atoms with Gasteiger partial charge < -0.3 is 19.4 Å². The van der Waals surface area contributed by atoms with E-state index in [1.165, 1.54) is 4.31 Å². The lowest BCUT2D eigenvalue weighted by Gasteiger charge is -2.31. The predicted octanol–water partition coefficient (Wildman–Crippen LogP) is 3.11. The molecular formula is C24H27N3O5S. The SMILES string of the molecule is CCn1ccc2cc(S(=O)(=O)N3CCC[C@@H](C(=O)NCc4ccc5c(c4)OCO5)C3)ccc21. The average molecular weight is 470 g/mol. The number of piperidine rings is 1. The van der Waals surface area contributed by atoms with Crippen molar-refractivity contribution in [3.63, 3.8) is 0 Å². The highest BCUT2D eigenvalue weighted by Gasteiger charge is 2.33. The summed E-state index contributed by atoms with van der Waals surface area (Å²) in [4.78, 5) is 13.1. The summed E-state index contributed by atoms with van der Waals surface area (Å²) in [5, 5.41) is 3.84. The molecule has 0 bridgehead atoms. The molecule has 2 aromatic carbocycles. The summed E-state index contributed by atoms with van der Waals surface area (Å²) in [6, 6.07) is 12.7. The minimum absolute atomic E-state index is 0.136. The Kier molecular flexibility index (Phi) is 5.76. The van der Waals surface area contributed by atoms with E-state index in [-0.39, 0.29) is 30.1 Å². The lowest BCUT2D eigenvalue weighted by atomic mass is 9.98. The smallest absolute Gasteiger partial charge is 0.243 e. The summed E-state index contributed by atoms with van der Waals surface area (Å²) in [5.41, 5.74) is 1.91. The van der Waals surface area contributed by atoms with Crippen molar-refractivity contribution < 1.29 is 22.7 Å². The molecule has 0 spiro atoms. The van der Waals surface area contributed by atoms with Gasteiger partial charge in [0.05, 0.1) is 10.8 Å². The lowest BCUT2D eigenvalue weighted by Crippen LogP contribution is -2.45. The number of hydrogen-bond acceptors (Lipinski definition) is 5. The fourth-order valence-corrected chi connectivity index (χ4v) is 6.08. The third-order valence-electron chi connectivity index (χ3n) is 6.38. The Bertz CT molecular complexity index is 1300. The van der Waals surface area contributed by atoms with E-state index in [0.717, 1.165) is 23.0 Å². The van der Waals surface area contributed by atoms with Crippen LogP contribution in [0.25, 0.3) is 10.9 Å². The summed E-state index contributed by atoms with van der Waals surface area (Å²) in [5.74, 6) is 0.848. The molecule has 8 nitrogen and oxygen atoms in total. The second kappa shape index (κ2) is 8.72. The summed E-state index contributed by atoms with van der Waals surface area (Å²) < 4.78 is 40.9. The van der Waals surface area contributed by atoms with E-state index in [0.29, 0.717) is 37.4 Å². The minimum Gasteiger partial charge on any atom is -0.454 e. The molecule has 1 saturated heterocycles. The van der Waals surface area contributed by atoms with Gasteiger partial charge in [-0.05, 0) is 61.7 Å². The third kappa shape index (κ3) is 4.18. The van der Waals surface area contributed by atoms with Gasteiger partial charge >= 0.3 is 0 Å². The van der Waals surface area contributed by atoms with E-state index in [1.54, 1.807) is 12.1 Å². The zero-order valence-electron chi connectivity index (χ0n) is 18.5. The van der Waals surface area contributed by atoms with Crippen LogP contribution in [0.2, 0.25) is 0 Å². The number of nitrogens with zero attached hydrogens (tertiary/aromatic N) is 2. The molecule has 3 aromatic rings. The van der Waals surface area contributed by atoms with Crippen LogP contribution in [0.15, 0.2) is 53.6 Å². The van der Waals surface area contributed by atoms with Crippen LogP contribution in [0.3, 0.4) is 0 Å². The molecular weight excluding hydrogens is 442 g/mol. The van der Waals surface area contributed by atoms with E-state index in [1.807, 2.05) is 36.5 Å². The van der Waals surface area contributed by atoms with E-state index in [4.69, 9.17) is 9.47 Å². The number of nitrogens with one attached hydrogen (secondary N) is 1. The number of aryl methyl sites for hydroxylation is 1. The van der Waals surface area contributed by atoms with Gasteiger partial charge in [-0.3, -0.25) is 4.79 Å². The first-order chi connectivity index (χ1) is 16.0. The van der Waals surface area contributed by atoms with Gasteiger partial charge in [0.2, 0.25) is 22.7 Å². The molecule has 5 rings (SSSR count). The van der Waals surface area contributed by atoms with Crippen molar-refractivity contribution in [3.05, 3.63) is 54.2 Å². The fourth-order valence-electron chi connectivity index (χ4n) is 4.52. The largest absolute Gasteiger partial charge is 0.454 e. The van der Waals surface area contributed by atoms with E-state index in [2.05, 4.69) is 16.8 Å². The molecule has 1 aromatic heterocycles. The molecule has 9 heteroatoms. The Morgan fingerprint density at radius 3 is 2.82 bits per heavy atom. The number of aromatic nitrogens is 1. The summed E-state index contributed by atoms with van der Waals surface area (Å²) in [6.07, 6.45) is 3.27. The minimum atomic E-state index is -3.68. The summed E-state index contributed by atoms with van der Waals surface area (Å²) in [7, 11) is -3.68. The highest BCUT2D eigenvalue weighted by molar-refractivity contribution is 7.89. The maximum atomic E-state index is 13.3. The predicted molar refractivity (Wildman–Crippen MR) is 124 cm³/mol. The fraction of sp³-hybridized carbons (Fsp3) is 0.375. The maximum Gasteiger partial charge on any atom is 0.243 e. The van der Waals surface area contributed by atoms with Crippen molar-refractivity contribution in [3.8, 4) is 11.5 Å². The number of rotatable bonds is 6. The van der Waals surface area contributed by atoms with Gasteiger partial charge in [-0.15, -0.1) is 0 Å². The van der Waals surface area contributed by atoms with Crippen molar-refractivity contribution in [2.75, 3.05) is 19.9 Å². The van der Waals surface area contributed by atoms with Gasteiger partial charge in [-0.25, -0.2) is 8.42 Å². The monoisotopic (exact) mass is 469 g/mol. The molecule has 0 aliphatic carbocycles. The van der Waals surface area contributed by atoms with Crippen LogP contribution in [0.4, 0.5) is 0 Å². The Labute approximate surface area is 193 Å². The van der Waals surface area contributed by atoms with Crippen LogP contribution in [-0.4, -0.2) is 43.1 Å². The molecule has 3 heterocycles. The number of hydrogen-bond donors (Lipinski definition) is 1. The summed E-state index contributed by atoms with van der Waals surface area (Å²) in [6.45, 7) is 4.03. The van der Waals surface area contributed by atoms with Gasteiger partial charge in [0, 0.05) is 43.3 Å². The number of ether oxygens (including phenoxy) is 2. The quantitative estimate of drug-likeness (QED) is 0.599. The maximum absolute atomic E-state index is 13.3. The van der Waals surface area contributed by atoms with Crippen LogP contribution in [0.5, 0.6) is 11.5 Å². The van der Waals surface area contributed by atoms with Crippen LogP contribution in [0, 0.1) is 5.92 Å². The second-order valence-corrected chi connectivity index (χ2v) is 10.4. The Balaban J connectivity index is 1.26. The molecule has 174 valence electrons. The number of amides is 1. The Morgan fingerprint density at radius 1 is 1.12 bits per heavy atom. The van der Waals surface area contributed by atoms with Gasteiger partial charge in [0.1, 0.15) is 0 Å².